The van der Waals surface area contributed by atoms with Crippen molar-refractivity contribution in [3.8, 4) is 0 Å². The van der Waals surface area contributed by atoms with E-state index in [4.69, 9.17) is 0 Å². The molecule has 0 aliphatic heterocycles. The summed E-state index contributed by atoms with van der Waals surface area (Å²) in [6.45, 7) is 0.311. The monoisotopic (exact) mass is 348 g/mol. The van der Waals surface area contributed by atoms with Crippen molar-refractivity contribution in [1.29, 1.82) is 0 Å². The van der Waals surface area contributed by atoms with Crippen molar-refractivity contribution in [2.45, 2.75) is 6.54 Å². The minimum atomic E-state index is -0.312. The van der Waals surface area contributed by atoms with E-state index in [1.165, 1.54) is 12.1 Å². The van der Waals surface area contributed by atoms with Crippen LogP contribution in [0.25, 0.3) is 0 Å². The molecule has 3 aromatic rings. The van der Waals surface area contributed by atoms with Crippen molar-refractivity contribution >= 4 is 17.5 Å². The molecule has 0 heterocycles. The van der Waals surface area contributed by atoms with Crippen molar-refractivity contribution in [2.75, 3.05) is 5.32 Å². The van der Waals surface area contributed by atoms with Gasteiger partial charge in [-0.05, 0) is 54.1 Å². The van der Waals surface area contributed by atoms with Gasteiger partial charge in [0.25, 0.3) is 11.8 Å². The lowest BCUT2D eigenvalue weighted by atomic mass is 10.1. The maximum absolute atomic E-state index is 12.9. The van der Waals surface area contributed by atoms with Crippen molar-refractivity contribution in [3.63, 3.8) is 0 Å². The Morgan fingerprint density at radius 2 is 1.35 bits per heavy atom. The lowest BCUT2D eigenvalue weighted by Crippen LogP contribution is -2.22. The van der Waals surface area contributed by atoms with Gasteiger partial charge in [-0.25, -0.2) is 4.39 Å². The van der Waals surface area contributed by atoms with Gasteiger partial charge in [-0.1, -0.05) is 30.3 Å². The standard InChI is InChI=1S/C21H17FN2O2/c22-18-10-6-15(7-11-18)14-23-20(25)17-8-12-19(13-9-17)24-21(26)16-4-2-1-3-5-16/h1-13H,14H2,(H,23,25)(H,24,26). The van der Waals surface area contributed by atoms with Crippen molar-refractivity contribution < 1.29 is 14.0 Å². The number of carbonyl (C=O) groups is 2. The van der Waals surface area contributed by atoms with E-state index in [0.29, 0.717) is 23.4 Å². The van der Waals surface area contributed by atoms with Gasteiger partial charge in [-0.2, -0.15) is 0 Å². The van der Waals surface area contributed by atoms with Gasteiger partial charge in [-0.15, -0.1) is 0 Å². The number of hydrogen-bond donors (Lipinski definition) is 2. The molecule has 0 fully saturated rings. The van der Waals surface area contributed by atoms with Gasteiger partial charge >= 0.3 is 0 Å². The Bertz CT molecular complexity index is 892. The van der Waals surface area contributed by atoms with Crippen LogP contribution in [0.15, 0.2) is 78.9 Å². The van der Waals surface area contributed by atoms with E-state index < -0.39 is 0 Å². The number of rotatable bonds is 5. The van der Waals surface area contributed by atoms with Crippen LogP contribution in [0.2, 0.25) is 0 Å². The molecule has 0 aliphatic carbocycles. The second kappa shape index (κ2) is 8.07. The van der Waals surface area contributed by atoms with E-state index in [1.54, 1.807) is 60.7 Å². The predicted molar refractivity (Wildman–Crippen MR) is 98.4 cm³/mol. The molecule has 4 nitrogen and oxygen atoms in total. The summed E-state index contributed by atoms with van der Waals surface area (Å²) in [4.78, 5) is 24.3. The number of amides is 2. The fourth-order valence-electron chi connectivity index (χ4n) is 2.38. The van der Waals surface area contributed by atoms with Crippen LogP contribution >= 0.6 is 0 Å². The molecule has 3 aromatic carbocycles. The quantitative estimate of drug-likeness (QED) is 0.732. The second-order valence-corrected chi connectivity index (χ2v) is 5.71. The third-order valence-electron chi connectivity index (χ3n) is 3.81. The van der Waals surface area contributed by atoms with E-state index >= 15 is 0 Å². The number of halogens is 1. The highest BCUT2D eigenvalue weighted by atomic mass is 19.1. The first-order chi connectivity index (χ1) is 12.6. The second-order valence-electron chi connectivity index (χ2n) is 5.71. The van der Waals surface area contributed by atoms with E-state index in [1.807, 2.05) is 6.07 Å². The van der Waals surface area contributed by atoms with Crippen LogP contribution in [0.5, 0.6) is 0 Å². The van der Waals surface area contributed by atoms with Crippen molar-refractivity contribution in [3.05, 3.63) is 101 Å². The molecular formula is C21H17FN2O2. The molecule has 0 unspecified atom stereocenters. The van der Waals surface area contributed by atoms with Gasteiger partial charge in [0.15, 0.2) is 0 Å². The summed E-state index contributed by atoms with van der Waals surface area (Å²) in [7, 11) is 0. The molecule has 3 rings (SSSR count). The maximum Gasteiger partial charge on any atom is 0.255 e. The molecule has 0 aromatic heterocycles. The van der Waals surface area contributed by atoms with Crippen LogP contribution in [0.1, 0.15) is 26.3 Å². The molecule has 130 valence electrons. The first-order valence-electron chi connectivity index (χ1n) is 8.11. The van der Waals surface area contributed by atoms with Crippen molar-refractivity contribution in [2.24, 2.45) is 0 Å². The average molecular weight is 348 g/mol. The Morgan fingerprint density at radius 1 is 0.731 bits per heavy atom. The normalized spacial score (nSPS) is 10.2. The zero-order chi connectivity index (χ0) is 18.4. The van der Waals surface area contributed by atoms with Gasteiger partial charge in [0.2, 0.25) is 0 Å². The minimum Gasteiger partial charge on any atom is -0.348 e. The Hall–Kier alpha value is -3.47. The van der Waals surface area contributed by atoms with Gasteiger partial charge in [0.1, 0.15) is 5.82 Å². The summed E-state index contributed by atoms with van der Waals surface area (Å²) in [5, 5.41) is 5.55. The van der Waals surface area contributed by atoms with Crippen LogP contribution in [0, 0.1) is 5.82 Å². The van der Waals surface area contributed by atoms with Crippen LogP contribution < -0.4 is 10.6 Å². The summed E-state index contributed by atoms with van der Waals surface area (Å²) in [5.74, 6) is -0.761. The summed E-state index contributed by atoms with van der Waals surface area (Å²) < 4.78 is 12.9. The predicted octanol–water partition coefficient (Wildman–Crippen LogP) is 4.01. The van der Waals surface area contributed by atoms with E-state index in [-0.39, 0.29) is 17.6 Å². The Balaban J connectivity index is 1.57. The highest BCUT2D eigenvalue weighted by molar-refractivity contribution is 6.04. The Kier molecular flexibility index (Phi) is 5.39. The van der Waals surface area contributed by atoms with E-state index in [0.717, 1.165) is 5.56 Å². The minimum absolute atomic E-state index is 0.209. The smallest absolute Gasteiger partial charge is 0.255 e. The number of hydrogen-bond acceptors (Lipinski definition) is 2. The zero-order valence-electron chi connectivity index (χ0n) is 13.9. The molecule has 2 amide bonds. The fourth-order valence-corrected chi connectivity index (χ4v) is 2.38. The van der Waals surface area contributed by atoms with Gasteiger partial charge in [0.05, 0.1) is 0 Å². The Labute approximate surface area is 150 Å². The molecule has 2 N–H and O–H groups in total. The van der Waals surface area contributed by atoms with Gasteiger partial charge in [-0.3, -0.25) is 9.59 Å². The highest BCUT2D eigenvalue weighted by Gasteiger charge is 2.08. The summed E-state index contributed by atoms with van der Waals surface area (Å²) in [6, 6.07) is 21.5. The lowest BCUT2D eigenvalue weighted by molar-refractivity contribution is 0.0950. The third-order valence-corrected chi connectivity index (χ3v) is 3.81. The summed E-state index contributed by atoms with van der Waals surface area (Å²) in [5.41, 5.74) is 2.46. The summed E-state index contributed by atoms with van der Waals surface area (Å²) >= 11 is 0. The van der Waals surface area contributed by atoms with Gasteiger partial charge in [0, 0.05) is 23.4 Å². The molecule has 0 aliphatic rings. The Morgan fingerprint density at radius 3 is 2.00 bits per heavy atom. The first kappa shape index (κ1) is 17.4. The number of anilines is 1. The largest absolute Gasteiger partial charge is 0.348 e. The SMILES string of the molecule is O=C(NCc1ccc(F)cc1)c1ccc(NC(=O)c2ccccc2)cc1. The molecule has 0 bridgehead atoms. The molecule has 0 saturated carbocycles. The molecule has 0 spiro atoms. The summed E-state index contributed by atoms with van der Waals surface area (Å²) in [6.07, 6.45) is 0. The number of benzene rings is 3. The number of carbonyl (C=O) groups excluding carboxylic acids is 2. The molecule has 0 radical (unpaired) electrons. The van der Waals surface area contributed by atoms with E-state index in [2.05, 4.69) is 10.6 Å². The zero-order valence-corrected chi connectivity index (χ0v) is 13.9. The highest BCUT2D eigenvalue weighted by Crippen LogP contribution is 2.12. The topological polar surface area (TPSA) is 58.2 Å². The lowest BCUT2D eigenvalue weighted by Gasteiger charge is -2.08. The fraction of sp³-hybridized carbons (Fsp3) is 0.0476. The third kappa shape index (κ3) is 4.54. The molecular weight excluding hydrogens is 331 g/mol. The molecule has 0 atom stereocenters. The van der Waals surface area contributed by atoms with Crippen LogP contribution in [-0.2, 0) is 6.54 Å². The van der Waals surface area contributed by atoms with E-state index in [9.17, 15) is 14.0 Å². The first-order valence-corrected chi connectivity index (χ1v) is 8.11. The molecule has 26 heavy (non-hydrogen) atoms. The van der Waals surface area contributed by atoms with Crippen LogP contribution in [0.3, 0.4) is 0 Å². The molecule has 0 saturated heterocycles. The van der Waals surface area contributed by atoms with Crippen LogP contribution in [0.4, 0.5) is 10.1 Å². The number of nitrogens with one attached hydrogen (secondary N) is 2. The average Bonchev–Trinajstić information content (AvgIpc) is 2.68. The maximum atomic E-state index is 12.9. The van der Waals surface area contributed by atoms with Gasteiger partial charge < -0.3 is 10.6 Å². The van der Waals surface area contributed by atoms with Crippen molar-refractivity contribution in [1.82, 2.24) is 5.32 Å². The molecule has 5 heteroatoms. The van der Waals surface area contributed by atoms with Crippen LogP contribution in [-0.4, -0.2) is 11.8 Å².